The maximum absolute atomic E-state index is 12.2. The highest BCUT2D eigenvalue weighted by Crippen LogP contribution is 2.29. The van der Waals surface area contributed by atoms with E-state index in [0.29, 0.717) is 23.1 Å². The monoisotopic (exact) mass is 362 g/mol. The van der Waals surface area contributed by atoms with Crippen LogP contribution in [0.1, 0.15) is 16.2 Å². The average molecular weight is 363 g/mol. The number of anilines is 2. The topological polar surface area (TPSA) is 80.0 Å². The molecule has 0 bridgehead atoms. The van der Waals surface area contributed by atoms with E-state index in [0.717, 1.165) is 5.76 Å². The minimum atomic E-state index is -0.427. The molecule has 0 fully saturated rings. The summed E-state index contributed by atoms with van der Waals surface area (Å²) in [6, 6.07) is 8.63. The SMILES string of the molecule is O=C(Nc1cccc(Cl)c1Cl)c1cnc(NCc2ccco2)cn1. The van der Waals surface area contributed by atoms with Gasteiger partial charge in [0.2, 0.25) is 0 Å². The number of hydrogen-bond acceptors (Lipinski definition) is 5. The Morgan fingerprint density at radius 1 is 1.12 bits per heavy atom. The molecule has 2 aromatic heterocycles. The van der Waals surface area contributed by atoms with Crippen LogP contribution in [0.5, 0.6) is 0 Å². The molecule has 2 heterocycles. The first-order valence-electron chi connectivity index (χ1n) is 6.97. The lowest BCUT2D eigenvalue weighted by molar-refractivity contribution is 0.102. The standard InChI is InChI=1S/C16H12Cl2N4O2/c17-11-4-1-5-12(15(11)18)22-16(23)13-8-21-14(9-19-13)20-7-10-3-2-6-24-10/h1-6,8-9H,7H2,(H,20,21)(H,22,23). The first-order chi connectivity index (χ1) is 11.6. The lowest BCUT2D eigenvalue weighted by Gasteiger charge is -2.08. The summed E-state index contributed by atoms with van der Waals surface area (Å²) in [5.74, 6) is 0.877. The Morgan fingerprint density at radius 2 is 2.00 bits per heavy atom. The zero-order valence-corrected chi connectivity index (χ0v) is 13.8. The van der Waals surface area contributed by atoms with Crippen LogP contribution in [0.2, 0.25) is 10.0 Å². The van der Waals surface area contributed by atoms with Crippen LogP contribution in [-0.2, 0) is 6.54 Å². The molecule has 24 heavy (non-hydrogen) atoms. The number of furan rings is 1. The number of aromatic nitrogens is 2. The highest BCUT2D eigenvalue weighted by Gasteiger charge is 2.12. The molecule has 1 amide bonds. The van der Waals surface area contributed by atoms with E-state index in [-0.39, 0.29) is 10.7 Å². The molecule has 122 valence electrons. The summed E-state index contributed by atoms with van der Waals surface area (Å²) in [5, 5.41) is 6.32. The maximum Gasteiger partial charge on any atom is 0.275 e. The number of carbonyl (C=O) groups excluding carboxylic acids is 1. The van der Waals surface area contributed by atoms with Crippen LogP contribution >= 0.6 is 23.2 Å². The number of nitrogens with zero attached hydrogens (tertiary/aromatic N) is 2. The second-order valence-electron chi connectivity index (χ2n) is 4.78. The van der Waals surface area contributed by atoms with Crippen molar-refractivity contribution in [3.05, 3.63) is 70.5 Å². The lowest BCUT2D eigenvalue weighted by atomic mass is 10.3. The van der Waals surface area contributed by atoms with Gasteiger partial charge in [-0.15, -0.1) is 0 Å². The predicted octanol–water partition coefficient (Wildman–Crippen LogP) is 4.24. The summed E-state index contributed by atoms with van der Waals surface area (Å²) in [6.45, 7) is 0.478. The number of halogens is 2. The summed E-state index contributed by atoms with van der Waals surface area (Å²) in [6.07, 6.45) is 4.44. The van der Waals surface area contributed by atoms with Crippen LogP contribution in [-0.4, -0.2) is 15.9 Å². The smallest absolute Gasteiger partial charge is 0.275 e. The van der Waals surface area contributed by atoms with Crippen molar-refractivity contribution in [2.45, 2.75) is 6.54 Å². The van der Waals surface area contributed by atoms with Crippen LogP contribution in [0.25, 0.3) is 0 Å². The van der Waals surface area contributed by atoms with Crippen LogP contribution in [0.15, 0.2) is 53.4 Å². The van der Waals surface area contributed by atoms with Crippen molar-refractivity contribution in [2.24, 2.45) is 0 Å². The Kier molecular flexibility index (Phi) is 4.98. The zero-order valence-electron chi connectivity index (χ0n) is 12.3. The first-order valence-corrected chi connectivity index (χ1v) is 7.73. The summed E-state index contributed by atoms with van der Waals surface area (Å²) >= 11 is 12.0. The summed E-state index contributed by atoms with van der Waals surface area (Å²) in [5.41, 5.74) is 0.575. The van der Waals surface area contributed by atoms with Gasteiger partial charge in [-0.05, 0) is 24.3 Å². The molecule has 6 nitrogen and oxygen atoms in total. The number of benzene rings is 1. The fourth-order valence-electron chi connectivity index (χ4n) is 1.91. The van der Waals surface area contributed by atoms with Gasteiger partial charge < -0.3 is 15.1 Å². The third kappa shape index (κ3) is 3.84. The molecule has 0 saturated carbocycles. The number of nitrogens with one attached hydrogen (secondary N) is 2. The van der Waals surface area contributed by atoms with Crippen molar-refractivity contribution in [3.63, 3.8) is 0 Å². The second-order valence-corrected chi connectivity index (χ2v) is 5.56. The van der Waals surface area contributed by atoms with Crippen LogP contribution < -0.4 is 10.6 Å². The molecule has 3 rings (SSSR count). The Hall–Kier alpha value is -2.57. The van der Waals surface area contributed by atoms with Crippen molar-refractivity contribution >= 4 is 40.6 Å². The average Bonchev–Trinajstić information content (AvgIpc) is 3.11. The fourth-order valence-corrected chi connectivity index (χ4v) is 2.26. The Balaban J connectivity index is 1.64. The van der Waals surface area contributed by atoms with Crippen molar-refractivity contribution in [2.75, 3.05) is 10.6 Å². The molecule has 0 spiro atoms. The Labute approximate surface area is 147 Å². The third-order valence-electron chi connectivity index (χ3n) is 3.11. The van der Waals surface area contributed by atoms with E-state index in [1.165, 1.54) is 12.4 Å². The maximum atomic E-state index is 12.2. The van der Waals surface area contributed by atoms with Crippen molar-refractivity contribution in [1.29, 1.82) is 0 Å². The van der Waals surface area contributed by atoms with Gasteiger partial charge in [-0.1, -0.05) is 29.3 Å². The van der Waals surface area contributed by atoms with Gasteiger partial charge in [-0.3, -0.25) is 4.79 Å². The molecule has 2 N–H and O–H groups in total. The quantitative estimate of drug-likeness (QED) is 0.709. The van der Waals surface area contributed by atoms with Gasteiger partial charge in [-0.25, -0.2) is 9.97 Å². The van der Waals surface area contributed by atoms with E-state index in [1.54, 1.807) is 30.5 Å². The van der Waals surface area contributed by atoms with Gasteiger partial charge in [0.1, 0.15) is 17.3 Å². The summed E-state index contributed by atoms with van der Waals surface area (Å²) in [7, 11) is 0. The fraction of sp³-hybridized carbons (Fsp3) is 0.0625. The van der Waals surface area contributed by atoms with Gasteiger partial charge in [0, 0.05) is 0 Å². The molecular weight excluding hydrogens is 351 g/mol. The molecule has 8 heteroatoms. The molecule has 0 aliphatic heterocycles. The number of rotatable bonds is 5. The zero-order chi connectivity index (χ0) is 16.9. The van der Waals surface area contributed by atoms with Crippen LogP contribution in [0.4, 0.5) is 11.5 Å². The van der Waals surface area contributed by atoms with E-state index in [4.69, 9.17) is 27.6 Å². The van der Waals surface area contributed by atoms with E-state index >= 15 is 0 Å². The minimum absolute atomic E-state index is 0.162. The van der Waals surface area contributed by atoms with Crippen molar-refractivity contribution < 1.29 is 9.21 Å². The predicted molar refractivity (Wildman–Crippen MR) is 92.5 cm³/mol. The van der Waals surface area contributed by atoms with Gasteiger partial charge in [0.15, 0.2) is 0 Å². The number of carbonyl (C=O) groups is 1. The van der Waals surface area contributed by atoms with Gasteiger partial charge >= 0.3 is 0 Å². The van der Waals surface area contributed by atoms with Crippen LogP contribution in [0.3, 0.4) is 0 Å². The highest BCUT2D eigenvalue weighted by atomic mass is 35.5. The molecule has 0 aliphatic rings. The normalized spacial score (nSPS) is 10.4. The molecule has 0 radical (unpaired) electrons. The largest absolute Gasteiger partial charge is 0.467 e. The van der Waals surface area contributed by atoms with Gasteiger partial charge in [0.05, 0.1) is 40.9 Å². The van der Waals surface area contributed by atoms with Gasteiger partial charge in [0.25, 0.3) is 5.91 Å². The molecule has 0 aliphatic carbocycles. The number of hydrogen-bond donors (Lipinski definition) is 2. The Bertz CT molecular complexity index is 836. The highest BCUT2D eigenvalue weighted by molar-refractivity contribution is 6.44. The van der Waals surface area contributed by atoms with Crippen molar-refractivity contribution in [3.8, 4) is 0 Å². The summed E-state index contributed by atoms with van der Waals surface area (Å²) in [4.78, 5) is 20.4. The molecular formula is C16H12Cl2N4O2. The molecule has 0 saturated heterocycles. The van der Waals surface area contributed by atoms with E-state index in [2.05, 4.69) is 20.6 Å². The van der Waals surface area contributed by atoms with E-state index in [9.17, 15) is 4.79 Å². The molecule has 0 unspecified atom stereocenters. The first kappa shape index (κ1) is 16.3. The lowest BCUT2D eigenvalue weighted by Crippen LogP contribution is -2.14. The Morgan fingerprint density at radius 3 is 2.71 bits per heavy atom. The van der Waals surface area contributed by atoms with Gasteiger partial charge in [-0.2, -0.15) is 0 Å². The minimum Gasteiger partial charge on any atom is -0.467 e. The van der Waals surface area contributed by atoms with Crippen molar-refractivity contribution in [1.82, 2.24) is 9.97 Å². The third-order valence-corrected chi connectivity index (χ3v) is 3.93. The van der Waals surface area contributed by atoms with Crippen LogP contribution in [0, 0.1) is 0 Å². The molecule has 0 atom stereocenters. The molecule has 3 aromatic rings. The second kappa shape index (κ2) is 7.33. The summed E-state index contributed by atoms with van der Waals surface area (Å²) < 4.78 is 5.21. The number of amides is 1. The molecule has 1 aromatic carbocycles. The van der Waals surface area contributed by atoms with E-state index < -0.39 is 5.91 Å². The van der Waals surface area contributed by atoms with E-state index in [1.807, 2.05) is 6.07 Å².